The predicted molar refractivity (Wildman–Crippen MR) is 67.6 cm³/mol. The third kappa shape index (κ3) is 2.45. The van der Waals surface area contributed by atoms with Crippen LogP contribution in [0.3, 0.4) is 0 Å². The second-order valence-corrected chi connectivity index (χ2v) is 4.73. The molecule has 1 aromatic heterocycles. The Balaban J connectivity index is 2.25. The van der Waals surface area contributed by atoms with Crippen molar-refractivity contribution >= 4 is 23.1 Å². The van der Waals surface area contributed by atoms with E-state index in [1.165, 1.54) is 23.9 Å². The Kier molecular flexibility index (Phi) is 3.24. The summed E-state index contributed by atoms with van der Waals surface area (Å²) in [6, 6.07) is 4.53. The Morgan fingerprint density at radius 3 is 2.67 bits per heavy atom. The Morgan fingerprint density at radius 1 is 1.44 bits per heavy atom. The molecule has 0 atom stereocenters. The number of benzene rings is 1. The zero-order valence-corrected chi connectivity index (χ0v) is 10.7. The van der Waals surface area contributed by atoms with Crippen molar-refractivity contribution in [1.82, 2.24) is 4.98 Å². The van der Waals surface area contributed by atoms with Crippen molar-refractivity contribution < 1.29 is 9.34 Å². The highest BCUT2D eigenvalue weighted by Crippen LogP contribution is 2.32. The molecule has 0 aliphatic carbocycles. The van der Waals surface area contributed by atoms with Crippen molar-refractivity contribution in [2.45, 2.75) is 24.0 Å². The maximum Gasteiger partial charge on any atom is 0.292 e. The van der Waals surface area contributed by atoms with E-state index in [2.05, 4.69) is 4.98 Å². The Bertz CT molecular complexity index is 590. The summed E-state index contributed by atoms with van der Waals surface area (Å²) in [5, 5.41) is 11.1. The molecule has 0 fully saturated rings. The molecule has 0 unspecified atom stereocenters. The van der Waals surface area contributed by atoms with Gasteiger partial charge in [-0.25, -0.2) is 4.98 Å². The molecular formula is C11H11N3O3S. The van der Waals surface area contributed by atoms with Gasteiger partial charge in [-0.2, -0.15) is 0 Å². The monoisotopic (exact) mass is 265 g/mol. The van der Waals surface area contributed by atoms with Gasteiger partial charge in [-0.3, -0.25) is 10.1 Å². The smallest absolute Gasteiger partial charge is 0.292 e. The van der Waals surface area contributed by atoms with Gasteiger partial charge in [0.15, 0.2) is 0 Å². The number of nitrogens with zero attached hydrogens (tertiary/aromatic N) is 2. The normalized spacial score (nSPS) is 10.6. The first-order valence-electron chi connectivity index (χ1n) is 5.13. The summed E-state index contributed by atoms with van der Waals surface area (Å²) in [4.78, 5) is 15.1. The van der Waals surface area contributed by atoms with E-state index in [0.29, 0.717) is 5.22 Å². The second-order valence-electron chi connectivity index (χ2n) is 3.70. The van der Waals surface area contributed by atoms with Gasteiger partial charge in [0, 0.05) is 11.0 Å². The lowest BCUT2D eigenvalue weighted by atomic mass is 10.3. The van der Waals surface area contributed by atoms with Crippen LogP contribution < -0.4 is 5.73 Å². The Morgan fingerprint density at radius 2 is 2.17 bits per heavy atom. The first-order valence-corrected chi connectivity index (χ1v) is 5.95. The van der Waals surface area contributed by atoms with Gasteiger partial charge >= 0.3 is 0 Å². The van der Waals surface area contributed by atoms with Crippen LogP contribution in [-0.2, 0) is 0 Å². The van der Waals surface area contributed by atoms with Crippen molar-refractivity contribution in [3.63, 3.8) is 0 Å². The van der Waals surface area contributed by atoms with Crippen LogP contribution in [0.15, 0.2) is 32.7 Å². The fourth-order valence-corrected chi connectivity index (χ4v) is 2.22. The lowest BCUT2D eigenvalue weighted by Crippen LogP contribution is -1.95. The minimum absolute atomic E-state index is 0.0980. The molecule has 0 amide bonds. The molecule has 0 bridgehead atoms. The van der Waals surface area contributed by atoms with Gasteiger partial charge in [-0.1, -0.05) is 0 Å². The van der Waals surface area contributed by atoms with Gasteiger partial charge in [-0.15, -0.1) is 0 Å². The van der Waals surface area contributed by atoms with E-state index in [0.717, 1.165) is 16.3 Å². The van der Waals surface area contributed by atoms with Crippen molar-refractivity contribution in [2.24, 2.45) is 0 Å². The van der Waals surface area contributed by atoms with Gasteiger partial charge in [0.1, 0.15) is 11.4 Å². The third-order valence-corrected chi connectivity index (χ3v) is 3.25. The number of rotatable bonds is 3. The summed E-state index contributed by atoms with van der Waals surface area (Å²) in [7, 11) is 0. The van der Waals surface area contributed by atoms with Gasteiger partial charge in [0.05, 0.1) is 10.6 Å². The van der Waals surface area contributed by atoms with Crippen molar-refractivity contribution in [1.29, 1.82) is 0 Å². The van der Waals surface area contributed by atoms with E-state index in [4.69, 9.17) is 10.2 Å². The average Bonchev–Trinajstić information content (AvgIpc) is 2.57. The maximum absolute atomic E-state index is 10.6. The largest absolute Gasteiger partial charge is 0.436 e. The number of nitro groups is 1. The molecule has 1 aromatic carbocycles. The third-order valence-electron chi connectivity index (χ3n) is 2.41. The number of anilines is 1. The Labute approximate surface area is 107 Å². The predicted octanol–water partition coefficient (Wildman–Crippen LogP) is 2.93. The van der Waals surface area contributed by atoms with E-state index in [1.807, 2.05) is 13.8 Å². The fourth-order valence-electron chi connectivity index (χ4n) is 1.35. The molecule has 0 aliphatic rings. The highest BCUT2D eigenvalue weighted by Gasteiger charge is 2.13. The zero-order chi connectivity index (χ0) is 13.3. The number of nitro benzene ring substituents is 1. The van der Waals surface area contributed by atoms with E-state index >= 15 is 0 Å². The molecule has 2 rings (SSSR count). The van der Waals surface area contributed by atoms with Crippen LogP contribution in [0.2, 0.25) is 0 Å². The second kappa shape index (κ2) is 4.69. The molecule has 94 valence electrons. The average molecular weight is 265 g/mol. The number of hydrogen-bond acceptors (Lipinski definition) is 6. The van der Waals surface area contributed by atoms with Crippen LogP contribution in [0.1, 0.15) is 11.5 Å². The highest BCUT2D eigenvalue weighted by atomic mass is 32.2. The summed E-state index contributed by atoms with van der Waals surface area (Å²) in [5.74, 6) is 0.757. The van der Waals surface area contributed by atoms with E-state index < -0.39 is 4.92 Å². The summed E-state index contributed by atoms with van der Waals surface area (Å²) in [6.45, 7) is 3.68. The van der Waals surface area contributed by atoms with Crippen molar-refractivity contribution in [3.8, 4) is 0 Å². The number of aryl methyl sites for hydroxylation is 2. The molecule has 0 saturated heterocycles. The zero-order valence-electron chi connectivity index (χ0n) is 9.84. The molecule has 2 aromatic rings. The number of nitrogens with two attached hydrogens (primary N) is 1. The molecule has 0 radical (unpaired) electrons. The number of aromatic nitrogens is 1. The van der Waals surface area contributed by atoms with Crippen molar-refractivity contribution in [3.05, 3.63) is 39.8 Å². The lowest BCUT2D eigenvalue weighted by Gasteiger charge is -2.00. The van der Waals surface area contributed by atoms with Crippen LogP contribution in [0, 0.1) is 24.0 Å². The first-order chi connectivity index (χ1) is 8.47. The molecule has 0 saturated carbocycles. The van der Waals surface area contributed by atoms with Crippen LogP contribution in [0.25, 0.3) is 0 Å². The highest BCUT2D eigenvalue weighted by molar-refractivity contribution is 7.99. The van der Waals surface area contributed by atoms with Crippen LogP contribution in [-0.4, -0.2) is 9.91 Å². The van der Waals surface area contributed by atoms with Gasteiger partial charge < -0.3 is 10.2 Å². The lowest BCUT2D eigenvalue weighted by molar-refractivity contribution is -0.383. The van der Waals surface area contributed by atoms with Crippen LogP contribution in [0.4, 0.5) is 11.4 Å². The molecule has 0 aliphatic heterocycles. The maximum atomic E-state index is 10.6. The molecule has 7 heteroatoms. The fraction of sp³-hybridized carbons (Fsp3) is 0.182. The topological polar surface area (TPSA) is 95.2 Å². The minimum atomic E-state index is -0.511. The number of oxazole rings is 1. The minimum Gasteiger partial charge on any atom is -0.436 e. The van der Waals surface area contributed by atoms with Crippen LogP contribution in [0.5, 0.6) is 0 Å². The summed E-state index contributed by atoms with van der Waals surface area (Å²) in [6.07, 6.45) is 0. The molecule has 6 nitrogen and oxygen atoms in total. The number of nitrogen functional groups attached to an aromatic ring is 1. The molecule has 2 N–H and O–H groups in total. The van der Waals surface area contributed by atoms with E-state index in [1.54, 1.807) is 6.07 Å². The SMILES string of the molecule is Cc1nc(Sc2ccc([N+](=O)[O-])c(N)c2)oc1C. The standard InChI is InChI=1S/C11H11N3O3S/c1-6-7(2)17-11(13-6)18-8-3-4-10(14(15)16)9(12)5-8/h3-5H,12H2,1-2H3. The quantitative estimate of drug-likeness (QED) is 0.520. The van der Waals surface area contributed by atoms with Gasteiger partial charge in [0.25, 0.3) is 10.9 Å². The van der Waals surface area contributed by atoms with Gasteiger partial charge in [-0.05, 0) is 37.7 Å². The molecule has 18 heavy (non-hydrogen) atoms. The summed E-state index contributed by atoms with van der Waals surface area (Å²) >= 11 is 1.28. The molecule has 0 spiro atoms. The van der Waals surface area contributed by atoms with Gasteiger partial charge in [0.2, 0.25) is 0 Å². The van der Waals surface area contributed by atoms with Crippen LogP contribution >= 0.6 is 11.8 Å². The summed E-state index contributed by atoms with van der Waals surface area (Å²) in [5.41, 5.74) is 6.46. The van der Waals surface area contributed by atoms with E-state index in [-0.39, 0.29) is 11.4 Å². The number of hydrogen-bond donors (Lipinski definition) is 1. The van der Waals surface area contributed by atoms with E-state index in [9.17, 15) is 10.1 Å². The summed E-state index contributed by atoms with van der Waals surface area (Å²) < 4.78 is 5.41. The van der Waals surface area contributed by atoms with Crippen molar-refractivity contribution in [2.75, 3.05) is 5.73 Å². The Hall–Kier alpha value is -2.02. The first kappa shape index (κ1) is 12.4. The molecule has 1 heterocycles. The molecular weight excluding hydrogens is 254 g/mol.